The Balaban J connectivity index is 2.49. The normalized spacial score (nSPS) is 11.6. The molecule has 0 saturated carbocycles. The zero-order chi connectivity index (χ0) is 14.2. The maximum atomic E-state index is 12.4. The topological polar surface area (TPSA) is 73.8 Å². The minimum absolute atomic E-state index is 0.192. The van der Waals surface area contributed by atoms with Crippen LogP contribution in [0.2, 0.25) is 0 Å². The first-order valence-electron chi connectivity index (χ1n) is 5.03. The first kappa shape index (κ1) is 13.0. The van der Waals surface area contributed by atoms with E-state index in [-0.39, 0.29) is 21.8 Å². The van der Waals surface area contributed by atoms with Crippen molar-refractivity contribution in [1.82, 2.24) is 14.8 Å². The summed E-state index contributed by atoms with van der Waals surface area (Å²) < 4.78 is 36.9. The van der Waals surface area contributed by atoms with Crippen LogP contribution < -0.4 is 0 Å². The van der Waals surface area contributed by atoms with Crippen LogP contribution in [0.3, 0.4) is 0 Å². The van der Waals surface area contributed by atoms with E-state index in [4.69, 9.17) is 0 Å². The van der Waals surface area contributed by atoms with Gasteiger partial charge in [0, 0.05) is 17.7 Å². The number of nitro benzene ring substituents is 1. The quantitative estimate of drug-likeness (QED) is 0.622. The summed E-state index contributed by atoms with van der Waals surface area (Å²) in [6.45, 7) is 1.60. The van der Waals surface area contributed by atoms with Crippen LogP contribution in [-0.4, -0.2) is 19.7 Å². The Morgan fingerprint density at radius 3 is 2.58 bits per heavy atom. The van der Waals surface area contributed by atoms with Crippen molar-refractivity contribution < 1.29 is 18.1 Å². The number of aryl methyl sites for hydroxylation is 1. The summed E-state index contributed by atoms with van der Waals surface area (Å²) >= 11 is 0. The molecule has 0 amide bonds. The summed E-state index contributed by atoms with van der Waals surface area (Å²) in [5.74, 6) is -0.210. The van der Waals surface area contributed by atoms with Crippen molar-refractivity contribution in [3.05, 3.63) is 40.2 Å². The lowest BCUT2D eigenvalue weighted by Gasteiger charge is -2.04. The van der Waals surface area contributed by atoms with Crippen molar-refractivity contribution in [2.75, 3.05) is 0 Å². The van der Waals surface area contributed by atoms with Gasteiger partial charge in [-0.1, -0.05) is 6.07 Å². The molecule has 0 spiro atoms. The number of rotatable bonds is 2. The van der Waals surface area contributed by atoms with E-state index < -0.39 is 11.2 Å². The van der Waals surface area contributed by atoms with Gasteiger partial charge in [-0.05, 0) is 12.5 Å². The second-order valence-corrected chi connectivity index (χ2v) is 3.74. The van der Waals surface area contributed by atoms with Crippen LogP contribution in [0.4, 0.5) is 18.9 Å². The lowest BCUT2D eigenvalue weighted by atomic mass is 10.1. The highest BCUT2D eigenvalue weighted by Crippen LogP contribution is 2.27. The summed E-state index contributed by atoms with van der Waals surface area (Å²) in [7, 11) is 0. The van der Waals surface area contributed by atoms with Crippen molar-refractivity contribution in [2.45, 2.75) is 13.2 Å². The zero-order valence-corrected chi connectivity index (χ0v) is 9.55. The molecule has 0 radical (unpaired) electrons. The predicted molar refractivity (Wildman–Crippen MR) is 58.1 cm³/mol. The monoisotopic (exact) mass is 272 g/mol. The van der Waals surface area contributed by atoms with Crippen molar-refractivity contribution in [3.63, 3.8) is 0 Å². The van der Waals surface area contributed by atoms with Gasteiger partial charge in [0.25, 0.3) is 5.69 Å². The largest absolute Gasteiger partial charge is 0.505 e. The SMILES string of the molecule is Cc1ccc([N+](=O)[O-])cc1-c1ncn(C(F)(F)F)n1. The van der Waals surface area contributed by atoms with Crippen LogP contribution in [0, 0.1) is 17.0 Å². The molecule has 0 saturated heterocycles. The van der Waals surface area contributed by atoms with Crippen molar-refractivity contribution in [2.24, 2.45) is 0 Å². The Morgan fingerprint density at radius 1 is 1.37 bits per heavy atom. The van der Waals surface area contributed by atoms with Gasteiger partial charge in [-0.2, -0.15) is 4.68 Å². The molecule has 9 heteroatoms. The van der Waals surface area contributed by atoms with E-state index in [0.29, 0.717) is 11.9 Å². The Bertz CT molecular complexity index is 636. The molecule has 1 aromatic heterocycles. The van der Waals surface area contributed by atoms with Crippen LogP contribution in [0.25, 0.3) is 11.4 Å². The number of aromatic nitrogens is 3. The number of halogens is 3. The first-order chi connectivity index (χ1) is 8.79. The van der Waals surface area contributed by atoms with Crippen LogP contribution in [0.1, 0.15) is 5.56 Å². The molecule has 19 heavy (non-hydrogen) atoms. The molecule has 100 valence electrons. The Morgan fingerprint density at radius 2 is 2.05 bits per heavy atom. The van der Waals surface area contributed by atoms with Crippen LogP contribution in [0.15, 0.2) is 24.5 Å². The molecule has 1 aromatic carbocycles. The summed E-state index contributed by atoms with van der Waals surface area (Å²) in [4.78, 5) is 13.5. The predicted octanol–water partition coefficient (Wildman–Crippen LogP) is 2.64. The fourth-order valence-electron chi connectivity index (χ4n) is 1.47. The molecule has 0 aliphatic carbocycles. The molecular formula is C10H7F3N4O2. The van der Waals surface area contributed by atoms with E-state index in [1.165, 1.54) is 12.1 Å². The van der Waals surface area contributed by atoms with E-state index in [0.717, 1.165) is 6.07 Å². The minimum atomic E-state index is -4.67. The van der Waals surface area contributed by atoms with Gasteiger partial charge in [0.15, 0.2) is 5.82 Å². The third-order valence-corrected chi connectivity index (χ3v) is 2.42. The lowest BCUT2D eigenvalue weighted by molar-refractivity contribution is -0.384. The van der Waals surface area contributed by atoms with Gasteiger partial charge in [0.05, 0.1) is 4.92 Å². The molecule has 2 rings (SSSR count). The second kappa shape index (κ2) is 4.34. The maximum Gasteiger partial charge on any atom is 0.505 e. The highest BCUT2D eigenvalue weighted by molar-refractivity contribution is 5.63. The van der Waals surface area contributed by atoms with E-state index in [1.54, 1.807) is 6.92 Å². The van der Waals surface area contributed by atoms with Gasteiger partial charge in [0.2, 0.25) is 0 Å². The van der Waals surface area contributed by atoms with Crippen LogP contribution >= 0.6 is 0 Å². The third kappa shape index (κ3) is 2.54. The number of nitrogens with zero attached hydrogens (tertiary/aromatic N) is 4. The molecule has 6 nitrogen and oxygen atoms in total. The highest BCUT2D eigenvalue weighted by Gasteiger charge is 2.32. The van der Waals surface area contributed by atoms with Gasteiger partial charge in [-0.25, -0.2) is 4.98 Å². The molecule has 1 heterocycles. The fourth-order valence-corrected chi connectivity index (χ4v) is 1.47. The van der Waals surface area contributed by atoms with Crippen molar-refractivity contribution >= 4 is 5.69 Å². The molecule has 0 unspecified atom stereocenters. The molecule has 0 aliphatic rings. The molecule has 0 fully saturated rings. The van der Waals surface area contributed by atoms with Gasteiger partial charge in [-0.15, -0.1) is 18.3 Å². The standard InChI is InChI=1S/C10H7F3N4O2/c1-6-2-3-7(17(18)19)4-8(6)9-14-5-16(15-9)10(11,12)13/h2-5H,1H3. The van der Waals surface area contributed by atoms with Crippen LogP contribution in [-0.2, 0) is 6.30 Å². The summed E-state index contributed by atoms with van der Waals surface area (Å²) in [5.41, 5.74) is 0.506. The van der Waals surface area contributed by atoms with Crippen molar-refractivity contribution in [1.29, 1.82) is 0 Å². The fraction of sp³-hybridized carbons (Fsp3) is 0.200. The number of hydrogen-bond donors (Lipinski definition) is 0. The number of alkyl halides is 3. The molecule has 0 N–H and O–H groups in total. The molecule has 0 atom stereocenters. The van der Waals surface area contributed by atoms with Gasteiger partial charge < -0.3 is 0 Å². The maximum absolute atomic E-state index is 12.4. The molecule has 2 aromatic rings. The minimum Gasteiger partial charge on any atom is -0.258 e. The van der Waals surface area contributed by atoms with Gasteiger partial charge in [-0.3, -0.25) is 10.1 Å². The smallest absolute Gasteiger partial charge is 0.258 e. The van der Waals surface area contributed by atoms with Crippen molar-refractivity contribution in [3.8, 4) is 11.4 Å². The summed E-state index contributed by atoms with van der Waals surface area (Å²) in [6, 6.07) is 3.84. The van der Waals surface area contributed by atoms with Gasteiger partial charge in [0.1, 0.15) is 6.33 Å². The second-order valence-electron chi connectivity index (χ2n) is 3.74. The average molecular weight is 272 g/mol. The van der Waals surface area contributed by atoms with Crippen LogP contribution in [0.5, 0.6) is 0 Å². The average Bonchev–Trinajstić information content (AvgIpc) is 2.78. The Hall–Kier alpha value is -2.45. The molecular weight excluding hydrogens is 265 g/mol. The third-order valence-electron chi connectivity index (χ3n) is 2.42. The summed E-state index contributed by atoms with van der Waals surface area (Å²) in [6.07, 6.45) is -4.15. The Labute approximate surface area is 104 Å². The van der Waals surface area contributed by atoms with E-state index in [2.05, 4.69) is 10.1 Å². The number of nitro groups is 1. The summed E-state index contributed by atoms with van der Waals surface area (Å²) in [5, 5.41) is 13.9. The molecule has 0 bridgehead atoms. The highest BCUT2D eigenvalue weighted by atomic mass is 19.4. The molecule has 0 aliphatic heterocycles. The Kier molecular flexibility index (Phi) is 2.97. The van der Waals surface area contributed by atoms with Gasteiger partial charge >= 0.3 is 6.30 Å². The first-order valence-corrected chi connectivity index (χ1v) is 5.03. The van der Waals surface area contributed by atoms with E-state index in [1.807, 2.05) is 0 Å². The number of benzene rings is 1. The number of hydrogen-bond acceptors (Lipinski definition) is 4. The number of non-ortho nitro benzene ring substituents is 1. The van der Waals surface area contributed by atoms with E-state index in [9.17, 15) is 23.3 Å². The van der Waals surface area contributed by atoms with E-state index >= 15 is 0 Å². The zero-order valence-electron chi connectivity index (χ0n) is 9.55. The lowest BCUT2D eigenvalue weighted by Crippen LogP contribution is -2.17.